The zero-order valence-corrected chi connectivity index (χ0v) is 17.1. The van der Waals surface area contributed by atoms with Gasteiger partial charge in [0.2, 0.25) is 11.8 Å². The van der Waals surface area contributed by atoms with Gasteiger partial charge in [0, 0.05) is 33.1 Å². The van der Waals surface area contributed by atoms with Gasteiger partial charge in [-0.15, -0.1) is 0 Å². The van der Waals surface area contributed by atoms with Crippen molar-refractivity contribution in [3.63, 3.8) is 0 Å². The molecule has 1 unspecified atom stereocenters. The Hall–Kier alpha value is -2.74. The number of amides is 4. The molecule has 4 amide bonds. The van der Waals surface area contributed by atoms with E-state index in [1.807, 2.05) is 18.0 Å². The van der Waals surface area contributed by atoms with Crippen LogP contribution in [0.1, 0.15) is 52.8 Å². The van der Waals surface area contributed by atoms with E-state index >= 15 is 0 Å². The Labute approximate surface area is 175 Å². The first kappa shape index (κ1) is 19.2. The first-order valence-electron chi connectivity index (χ1n) is 10.6. The lowest BCUT2D eigenvalue weighted by molar-refractivity contribution is -0.136. The van der Waals surface area contributed by atoms with Gasteiger partial charge in [-0.25, -0.2) is 0 Å². The maximum Gasteiger partial charge on any atom is 0.264 e. The molecule has 1 atom stereocenters. The number of benzene rings is 1. The van der Waals surface area contributed by atoms with Crippen LogP contribution >= 0.6 is 0 Å². The zero-order chi connectivity index (χ0) is 21.0. The minimum atomic E-state index is -0.935. The Kier molecular flexibility index (Phi) is 4.43. The molecule has 0 aromatic heterocycles. The minimum Gasteiger partial charge on any atom is -0.374 e. The molecule has 8 nitrogen and oxygen atoms in total. The fraction of sp³-hybridized carbons (Fsp3) is 0.545. The van der Waals surface area contributed by atoms with Crippen LogP contribution in [0.2, 0.25) is 0 Å². The van der Waals surface area contributed by atoms with E-state index in [1.54, 1.807) is 12.1 Å². The minimum absolute atomic E-state index is 0.120. The molecule has 2 N–H and O–H groups in total. The molecule has 1 aromatic rings. The van der Waals surface area contributed by atoms with Crippen molar-refractivity contribution in [1.82, 2.24) is 15.5 Å². The lowest BCUT2D eigenvalue weighted by Gasteiger charge is -2.54. The summed E-state index contributed by atoms with van der Waals surface area (Å²) in [5.74, 6) is -1.15. The topological polar surface area (TPSA) is 98.8 Å². The van der Waals surface area contributed by atoms with Crippen LogP contribution in [-0.4, -0.2) is 61.3 Å². The molecular weight excluding hydrogens is 384 g/mol. The zero-order valence-electron chi connectivity index (χ0n) is 17.1. The second kappa shape index (κ2) is 6.91. The van der Waals surface area contributed by atoms with Gasteiger partial charge < -0.3 is 10.2 Å². The number of hydrogen-bond donors (Lipinski definition) is 2. The molecular formula is C22H26N4O4. The number of piperidine rings is 1. The molecule has 1 spiro atoms. The molecule has 4 aliphatic rings. The molecule has 8 heteroatoms. The van der Waals surface area contributed by atoms with Gasteiger partial charge in [-0.2, -0.15) is 0 Å². The van der Waals surface area contributed by atoms with Gasteiger partial charge in [-0.05, 0) is 49.1 Å². The normalized spacial score (nSPS) is 25.1. The highest BCUT2D eigenvalue weighted by Gasteiger charge is 2.48. The number of hydrogen-bond acceptors (Lipinski definition) is 6. The van der Waals surface area contributed by atoms with Crippen LogP contribution in [0.4, 0.5) is 5.69 Å². The number of nitrogens with zero attached hydrogens (tertiary/aromatic N) is 2. The molecule has 1 saturated carbocycles. The summed E-state index contributed by atoms with van der Waals surface area (Å²) in [7, 11) is 1.95. The number of rotatable bonds is 5. The van der Waals surface area contributed by atoms with E-state index in [4.69, 9.17) is 0 Å². The maximum absolute atomic E-state index is 13.2. The average molecular weight is 410 g/mol. The average Bonchev–Trinajstić information content (AvgIpc) is 2.90. The number of fused-ring (bicyclic) bond motifs is 1. The quantitative estimate of drug-likeness (QED) is 0.701. The third-order valence-corrected chi connectivity index (χ3v) is 7.17. The highest BCUT2D eigenvalue weighted by atomic mass is 16.2. The van der Waals surface area contributed by atoms with Crippen LogP contribution in [0.3, 0.4) is 0 Å². The van der Waals surface area contributed by atoms with E-state index in [2.05, 4.69) is 10.6 Å². The van der Waals surface area contributed by atoms with Crippen molar-refractivity contribution < 1.29 is 19.2 Å². The summed E-state index contributed by atoms with van der Waals surface area (Å²) >= 11 is 0. The van der Waals surface area contributed by atoms with Crippen molar-refractivity contribution in [2.75, 3.05) is 31.6 Å². The standard InChI is InChI=1S/C22H26N4O4/c1-25(8-7-13-9-22(10-13)11-23-12-22)15-4-2-3-14-18(15)21(30)26(20(14)29)16-5-6-17(27)24-19(16)28/h2-4,13,16,23H,5-12H2,1H3,(H,24,27,28). The third-order valence-electron chi connectivity index (χ3n) is 7.17. The largest absolute Gasteiger partial charge is 0.374 e. The Morgan fingerprint density at radius 1 is 1.13 bits per heavy atom. The number of carbonyl (C=O) groups excluding carboxylic acids is 4. The summed E-state index contributed by atoms with van der Waals surface area (Å²) in [5, 5.41) is 5.59. The lowest BCUT2D eigenvalue weighted by atomic mass is 9.58. The molecule has 5 rings (SSSR count). The van der Waals surface area contributed by atoms with Crippen LogP contribution < -0.4 is 15.5 Å². The number of nitrogens with one attached hydrogen (secondary N) is 2. The summed E-state index contributed by atoms with van der Waals surface area (Å²) in [5.41, 5.74) is 1.96. The SMILES string of the molecule is CN(CCC1CC2(CNC2)C1)c1cccc2c1C(=O)N(C1CCC(=O)NC1=O)C2=O. The third kappa shape index (κ3) is 2.93. The number of imide groups is 2. The van der Waals surface area contributed by atoms with Gasteiger partial charge >= 0.3 is 0 Å². The van der Waals surface area contributed by atoms with Gasteiger partial charge in [0.05, 0.1) is 16.8 Å². The lowest BCUT2D eigenvalue weighted by Crippen LogP contribution is -2.60. The Balaban J connectivity index is 1.31. The van der Waals surface area contributed by atoms with Crippen LogP contribution in [0, 0.1) is 11.3 Å². The second-order valence-electron chi connectivity index (χ2n) is 9.23. The molecule has 3 aliphatic heterocycles. The predicted octanol–water partition coefficient (Wildman–Crippen LogP) is 0.914. The first-order chi connectivity index (χ1) is 14.4. The van der Waals surface area contributed by atoms with Gasteiger partial charge in [0.25, 0.3) is 11.8 Å². The van der Waals surface area contributed by atoms with Crippen LogP contribution in [0.5, 0.6) is 0 Å². The summed E-state index contributed by atoms with van der Waals surface area (Å²) in [6, 6.07) is 4.34. The van der Waals surface area contributed by atoms with E-state index in [1.165, 1.54) is 12.8 Å². The van der Waals surface area contributed by atoms with E-state index in [0.29, 0.717) is 22.5 Å². The van der Waals surface area contributed by atoms with Crippen LogP contribution in [0.25, 0.3) is 0 Å². The van der Waals surface area contributed by atoms with Crippen molar-refractivity contribution in [1.29, 1.82) is 0 Å². The highest BCUT2D eigenvalue weighted by Crippen LogP contribution is 2.49. The molecule has 2 saturated heterocycles. The summed E-state index contributed by atoms with van der Waals surface area (Å²) in [6.45, 7) is 3.08. The predicted molar refractivity (Wildman–Crippen MR) is 109 cm³/mol. The first-order valence-corrected chi connectivity index (χ1v) is 10.6. The molecule has 0 radical (unpaired) electrons. The fourth-order valence-electron chi connectivity index (χ4n) is 5.45. The maximum atomic E-state index is 13.2. The van der Waals surface area contributed by atoms with E-state index in [-0.39, 0.29) is 18.7 Å². The van der Waals surface area contributed by atoms with E-state index < -0.39 is 23.8 Å². The molecule has 0 bridgehead atoms. The fourth-order valence-corrected chi connectivity index (χ4v) is 5.45. The van der Waals surface area contributed by atoms with E-state index in [0.717, 1.165) is 36.6 Å². The number of carbonyl (C=O) groups is 4. The Bertz CT molecular complexity index is 946. The van der Waals surface area contributed by atoms with Gasteiger partial charge in [-0.3, -0.25) is 29.4 Å². The van der Waals surface area contributed by atoms with Crippen molar-refractivity contribution in [2.24, 2.45) is 11.3 Å². The summed E-state index contributed by atoms with van der Waals surface area (Å²) in [6.07, 6.45) is 3.87. The monoisotopic (exact) mass is 410 g/mol. The van der Waals surface area contributed by atoms with Crippen LogP contribution in [-0.2, 0) is 9.59 Å². The summed E-state index contributed by atoms with van der Waals surface area (Å²) in [4.78, 5) is 52.9. The van der Waals surface area contributed by atoms with Gasteiger partial charge in [0.15, 0.2) is 0 Å². The Morgan fingerprint density at radius 3 is 2.57 bits per heavy atom. The van der Waals surface area contributed by atoms with Crippen molar-refractivity contribution in [3.05, 3.63) is 29.3 Å². The molecule has 3 heterocycles. The van der Waals surface area contributed by atoms with Crippen LogP contribution in [0.15, 0.2) is 18.2 Å². The van der Waals surface area contributed by atoms with Crippen molar-refractivity contribution in [2.45, 2.75) is 38.1 Å². The highest BCUT2D eigenvalue weighted by molar-refractivity contribution is 6.25. The Morgan fingerprint density at radius 2 is 1.90 bits per heavy atom. The van der Waals surface area contributed by atoms with Crippen molar-refractivity contribution >= 4 is 29.3 Å². The summed E-state index contributed by atoms with van der Waals surface area (Å²) < 4.78 is 0. The van der Waals surface area contributed by atoms with Gasteiger partial charge in [0.1, 0.15) is 6.04 Å². The number of anilines is 1. The van der Waals surface area contributed by atoms with E-state index in [9.17, 15) is 19.2 Å². The molecule has 3 fully saturated rings. The molecule has 1 aliphatic carbocycles. The van der Waals surface area contributed by atoms with Gasteiger partial charge in [-0.1, -0.05) is 6.07 Å². The molecule has 158 valence electrons. The molecule has 1 aromatic carbocycles. The molecule has 30 heavy (non-hydrogen) atoms. The smallest absolute Gasteiger partial charge is 0.264 e. The second-order valence-corrected chi connectivity index (χ2v) is 9.23. The van der Waals surface area contributed by atoms with Crippen molar-refractivity contribution in [3.8, 4) is 0 Å².